The largest absolute Gasteiger partial charge is 0.480 e. The predicted octanol–water partition coefficient (Wildman–Crippen LogP) is -1.10. The number of hydrogen-bond acceptors (Lipinski definition) is 5. The van der Waals surface area contributed by atoms with Crippen molar-refractivity contribution in [2.75, 3.05) is 11.9 Å². The summed E-state index contributed by atoms with van der Waals surface area (Å²) in [7, 11) is -3.82. The molecule has 0 radical (unpaired) electrons. The number of carboxylic acid groups (broad SMARTS) is 1. The van der Waals surface area contributed by atoms with Crippen LogP contribution in [0.5, 0.6) is 0 Å². The number of carbonyl (C=O) groups is 2. The number of carboxylic acids is 1. The molecule has 0 spiro atoms. The number of aliphatic hydroxyl groups excluding tert-OH is 1. The Hall–Kier alpha value is -2.17. The van der Waals surface area contributed by atoms with Crippen LogP contribution in [-0.4, -0.2) is 43.3 Å². The van der Waals surface area contributed by atoms with Crippen LogP contribution in [0.3, 0.4) is 0 Å². The quantitative estimate of drug-likeness (QED) is 0.464. The Morgan fingerprint density at radius 1 is 1.25 bits per heavy atom. The number of carbonyl (C=O) groups excluding carboxylic acids is 1. The highest BCUT2D eigenvalue weighted by molar-refractivity contribution is 7.89. The van der Waals surface area contributed by atoms with Crippen LogP contribution in [0.25, 0.3) is 0 Å². The summed E-state index contributed by atoms with van der Waals surface area (Å²) < 4.78 is 22.0. The van der Waals surface area contributed by atoms with Gasteiger partial charge in [-0.3, -0.25) is 0 Å². The van der Waals surface area contributed by atoms with Gasteiger partial charge in [0.2, 0.25) is 10.0 Å². The fourth-order valence-electron chi connectivity index (χ4n) is 1.24. The summed E-state index contributed by atoms with van der Waals surface area (Å²) in [6.45, 7) is -0.757. The van der Waals surface area contributed by atoms with Gasteiger partial charge in [0.1, 0.15) is 0 Å². The number of aliphatic carboxylic acids is 1. The highest BCUT2D eigenvalue weighted by Gasteiger charge is 2.18. The second-order valence-electron chi connectivity index (χ2n) is 3.74. The van der Waals surface area contributed by atoms with E-state index in [9.17, 15) is 18.0 Å². The molecule has 0 aliphatic rings. The van der Waals surface area contributed by atoms with E-state index in [0.29, 0.717) is 0 Å². The Bertz CT molecular complexity index is 598. The number of benzene rings is 1. The molecule has 0 saturated carbocycles. The summed E-state index contributed by atoms with van der Waals surface area (Å²) in [5.41, 5.74) is 0.233. The molecule has 110 valence electrons. The fourth-order valence-corrected chi connectivity index (χ4v) is 1.75. The van der Waals surface area contributed by atoms with E-state index < -0.39 is 34.7 Å². The van der Waals surface area contributed by atoms with Gasteiger partial charge < -0.3 is 20.8 Å². The van der Waals surface area contributed by atoms with Crippen LogP contribution in [0.1, 0.15) is 0 Å². The number of rotatable bonds is 5. The Kier molecular flexibility index (Phi) is 5.02. The van der Waals surface area contributed by atoms with Crippen molar-refractivity contribution < 1.29 is 28.2 Å². The first-order valence-electron chi connectivity index (χ1n) is 5.28. The maximum absolute atomic E-state index is 11.4. The maximum atomic E-state index is 11.4. The molecule has 0 heterocycles. The van der Waals surface area contributed by atoms with E-state index in [1.54, 1.807) is 0 Å². The van der Waals surface area contributed by atoms with Crippen LogP contribution in [0.2, 0.25) is 0 Å². The molecule has 6 N–H and O–H groups in total. The lowest BCUT2D eigenvalue weighted by Crippen LogP contribution is -2.45. The number of nitrogens with one attached hydrogen (secondary N) is 2. The molecule has 0 aliphatic carbocycles. The van der Waals surface area contributed by atoms with Gasteiger partial charge in [0.05, 0.1) is 11.5 Å². The number of sulfonamides is 1. The van der Waals surface area contributed by atoms with Gasteiger partial charge in [-0.05, 0) is 24.3 Å². The zero-order valence-electron chi connectivity index (χ0n) is 10.1. The van der Waals surface area contributed by atoms with Crippen molar-refractivity contribution in [2.24, 2.45) is 5.14 Å². The zero-order chi connectivity index (χ0) is 15.3. The summed E-state index contributed by atoms with van der Waals surface area (Å²) >= 11 is 0. The minimum Gasteiger partial charge on any atom is -0.480 e. The number of primary sulfonamides is 1. The van der Waals surface area contributed by atoms with E-state index in [0.717, 1.165) is 0 Å². The number of anilines is 1. The van der Waals surface area contributed by atoms with Gasteiger partial charge >= 0.3 is 12.0 Å². The first-order valence-corrected chi connectivity index (χ1v) is 6.82. The summed E-state index contributed by atoms with van der Waals surface area (Å²) in [5, 5.41) is 26.6. The van der Waals surface area contributed by atoms with Crippen LogP contribution in [0, 0.1) is 0 Å². The van der Waals surface area contributed by atoms with Crippen LogP contribution >= 0.6 is 0 Å². The molecule has 0 saturated heterocycles. The van der Waals surface area contributed by atoms with Crippen molar-refractivity contribution in [3.8, 4) is 0 Å². The molecule has 1 aromatic carbocycles. The molecule has 20 heavy (non-hydrogen) atoms. The van der Waals surface area contributed by atoms with E-state index in [1.807, 2.05) is 5.32 Å². The predicted molar refractivity (Wildman–Crippen MR) is 68.5 cm³/mol. The summed E-state index contributed by atoms with van der Waals surface area (Å²) in [4.78, 5) is 21.9. The molecule has 1 aromatic rings. The van der Waals surface area contributed by atoms with Gasteiger partial charge in [0.25, 0.3) is 0 Å². The third-order valence-electron chi connectivity index (χ3n) is 2.23. The van der Waals surface area contributed by atoms with Crippen molar-refractivity contribution in [3.63, 3.8) is 0 Å². The topological polar surface area (TPSA) is 159 Å². The highest BCUT2D eigenvalue weighted by atomic mass is 32.2. The highest BCUT2D eigenvalue weighted by Crippen LogP contribution is 2.12. The Balaban J connectivity index is 2.70. The van der Waals surface area contributed by atoms with Crippen LogP contribution in [0.4, 0.5) is 10.5 Å². The van der Waals surface area contributed by atoms with Crippen molar-refractivity contribution in [1.29, 1.82) is 0 Å². The van der Waals surface area contributed by atoms with Gasteiger partial charge in [-0.2, -0.15) is 0 Å². The van der Waals surface area contributed by atoms with E-state index in [2.05, 4.69) is 5.32 Å². The van der Waals surface area contributed by atoms with E-state index in [-0.39, 0.29) is 10.6 Å². The van der Waals surface area contributed by atoms with E-state index in [4.69, 9.17) is 15.4 Å². The molecule has 0 aromatic heterocycles. The minimum atomic E-state index is -3.82. The van der Waals surface area contributed by atoms with E-state index in [1.165, 1.54) is 24.3 Å². The van der Waals surface area contributed by atoms with Gasteiger partial charge in [0, 0.05) is 5.69 Å². The Morgan fingerprint density at radius 2 is 1.80 bits per heavy atom. The second-order valence-corrected chi connectivity index (χ2v) is 5.30. The molecule has 1 atom stereocenters. The van der Waals surface area contributed by atoms with Crippen molar-refractivity contribution in [3.05, 3.63) is 24.3 Å². The van der Waals surface area contributed by atoms with Crippen molar-refractivity contribution >= 4 is 27.7 Å². The molecule has 0 aliphatic heterocycles. The summed E-state index contributed by atoms with van der Waals surface area (Å²) in [6, 6.07) is 2.66. The average molecular weight is 303 g/mol. The maximum Gasteiger partial charge on any atom is 0.328 e. The number of urea groups is 1. The Labute approximate surface area is 114 Å². The molecule has 0 fully saturated rings. The zero-order valence-corrected chi connectivity index (χ0v) is 10.9. The average Bonchev–Trinajstić information content (AvgIpc) is 2.35. The van der Waals surface area contributed by atoms with Crippen molar-refractivity contribution in [1.82, 2.24) is 5.32 Å². The fraction of sp³-hybridized carbons (Fsp3) is 0.200. The van der Waals surface area contributed by atoms with E-state index >= 15 is 0 Å². The smallest absolute Gasteiger partial charge is 0.328 e. The molecular weight excluding hydrogens is 290 g/mol. The lowest BCUT2D eigenvalue weighted by atomic mass is 10.3. The molecule has 0 unspecified atom stereocenters. The number of amides is 2. The third kappa shape index (κ3) is 4.50. The lowest BCUT2D eigenvalue weighted by Gasteiger charge is -2.12. The van der Waals surface area contributed by atoms with Crippen LogP contribution in [-0.2, 0) is 14.8 Å². The molecule has 2 amide bonds. The summed E-state index contributed by atoms with van der Waals surface area (Å²) in [6.07, 6.45) is 0. The standard InChI is InChI=1S/C10H13N3O6S/c11-20(18,19)7-3-1-6(2-4-7)12-10(17)13-8(5-14)9(15)16/h1-4,8,14H,5H2,(H,15,16)(H2,11,18,19)(H2,12,13,17)/t8-/m1/s1. The van der Waals surface area contributed by atoms with Gasteiger partial charge in [0.15, 0.2) is 6.04 Å². The first-order chi connectivity index (χ1) is 9.24. The van der Waals surface area contributed by atoms with Gasteiger partial charge in [-0.1, -0.05) is 0 Å². The molecule has 1 rings (SSSR count). The molecule has 0 bridgehead atoms. The minimum absolute atomic E-state index is 0.123. The number of hydrogen-bond donors (Lipinski definition) is 5. The Morgan fingerprint density at radius 3 is 2.20 bits per heavy atom. The number of aliphatic hydroxyl groups is 1. The van der Waals surface area contributed by atoms with Crippen LogP contribution < -0.4 is 15.8 Å². The van der Waals surface area contributed by atoms with Crippen LogP contribution in [0.15, 0.2) is 29.2 Å². The molecule has 10 heteroatoms. The normalized spacial score (nSPS) is 12.5. The van der Waals surface area contributed by atoms with Gasteiger partial charge in [-0.25, -0.2) is 23.1 Å². The van der Waals surface area contributed by atoms with Gasteiger partial charge in [-0.15, -0.1) is 0 Å². The SMILES string of the molecule is NS(=O)(=O)c1ccc(NC(=O)N[C@H](CO)C(=O)O)cc1. The third-order valence-corrected chi connectivity index (χ3v) is 3.16. The first kappa shape index (κ1) is 15.9. The second kappa shape index (κ2) is 6.32. The number of nitrogens with two attached hydrogens (primary N) is 1. The molecular formula is C10H13N3O6S. The summed E-state index contributed by atoms with van der Waals surface area (Å²) in [5.74, 6) is -1.38. The monoisotopic (exact) mass is 303 g/mol. The molecule has 9 nitrogen and oxygen atoms in total. The van der Waals surface area contributed by atoms with Crippen molar-refractivity contribution in [2.45, 2.75) is 10.9 Å². The lowest BCUT2D eigenvalue weighted by molar-refractivity contribution is -0.140.